The molecule has 0 unspecified atom stereocenters. The number of rotatable bonds is 6. The predicted octanol–water partition coefficient (Wildman–Crippen LogP) is 4.32. The molecule has 2 aliphatic heterocycles. The van der Waals surface area contributed by atoms with E-state index in [0.717, 1.165) is 54.6 Å². The number of pyridine rings is 2. The van der Waals surface area contributed by atoms with Crippen LogP contribution in [-0.4, -0.2) is 92.6 Å². The number of hydrogen-bond donors (Lipinski definition) is 4. The Balaban J connectivity index is 0.000000182. The summed E-state index contributed by atoms with van der Waals surface area (Å²) < 4.78 is 11.3. The fourth-order valence-corrected chi connectivity index (χ4v) is 5.94. The molecular weight excluding hydrogens is 764 g/mol. The lowest BCUT2D eigenvalue weighted by atomic mass is 9.93. The van der Waals surface area contributed by atoms with Crippen molar-refractivity contribution in [1.29, 1.82) is 0 Å². The normalized spacial score (nSPS) is 14.8. The van der Waals surface area contributed by atoms with Crippen molar-refractivity contribution in [2.75, 3.05) is 51.9 Å². The number of hydrogen-bond acceptors (Lipinski definition) is 13. The van der Waals surface area contributed by atoms with Crippen LogP contribution in [-0.2, 0) is 0 Å². The zero-order valence-corrected chi connectivity index (χ0v) is 30.2. The highest BCUT2D eigenvalue weighted by atomic mass is 79.9. The van der Waals surface area contributed by atoms with Gasteiger partial charge in [-0.15, -0.1) is 10.2 Å². The number of halogens is 2. The van der Waals surface area contributed by atoms with Gasteiger partial charge in [0, 0.05) is 24.9 Å². The average molecular weight is 803 g/mol. The minimum Gasteiger partial charge on any atom is -0.480 e. The number of nitrogens with one attached hydrogen (secondary N) is 1. The minimum absolute atomic E-state index is 0.0324. The van der Waals surface area contributed by atoms with E-state index < -0.39 is 5.97 Å². The van der Waals surface area contributed by atoms with Crippen LogP contribution in [0.2, 0.25) is 0 Å². The number of aromatic nitrogens is 6. The van der Waals surface area contributed by atoms with Crippen molar-refractivity contribution < 1.29 is 24.2 Å². The molecule has 4 aromatic rings. The summed E-state index contributed by atoms with van der Waals surface area (Å²) in [7, 11) is 2.96. The summed E-state index contributed by atoms with van der Waals surface area (Å²) in [6.45, 7) is 3.48. The lowest BCUT2D eigenvalue weighted by Crippen LogP contribution is -2.38. The van der Waals surface area contributed by atoms with Gasteiger partial charge in [-0.1, -0.05) is 0 Å². The molecule has 49 heavy (non-hydrogen) atoms. The van der Waals surface area contributed by atoms with Crippen LogP contribution in [0.3, 0.4) is 0 Å². The number of methoxy groups -OCH3 is 2. The first-order chi connectivity index (χ1) is 23.6. The molecule has 0 saturated carbocycles. The molecule has 2 aliphatic rings. The lowest BCUT2D eigenvalue weighted by Gasteiger charge is -2.31. The Morgan fingerprint density at radius 3 is 1.65 bits per heavy atom. The van der Waals surface area contributed by atoms with Crippen LogP contribution in [0.1, 0.15) is 69.9 Å². The summed E-state index contributed by atoms with van der Waals surface area (Å²) in [5.41, 5.74) is 13.4. The number of nitrogens with two attached hydrogens (primary N) is 2. The number of carboxylic acids is 1. The van der Waals surface area contributed by atoms with Crippen molar-refractivity contribution in [2.24, 2.45) is 0 Å². The Hall–Kier alpha value is -4.48. The minimum atomic E-state index is -1.07. The number of likely N-dealkylation sites (tertiary alicyclic amines) is 1. The third-order valence-corrected chi connectivity index (χ3v) is 9.03. The van der Waals surface area contributed by atoms with E-state index in [1.807, 2.05) is 23.1 Å². The van der Waals surface area contributed by atoms with E-state index in [1.54, 1.807) is 24.3 Å². The Morgan fingerprint density at radius 1 is 0.735 bits per heavy atom. The third kappa shape index (κ3) is 10.8. The molecule has 2 fully saturated rings. The molecule has 0 radical (unpaired) electrons. The number of piperidine rings is 2. The van der Waals surface area contributed by atoms with Gasteiger partial charge in [0.1, 0.15) is 17.3 Å². The molecule has 15 nitrogen and oxygen atoms in total. The topological polar surface area (TPSA) is 217 Å². The standard InChI is InChI=1S/C16H18BrN5O2.C9H14N4.C7H6BrNO3/c1-24-15-11(17)2-3-13(19-15)16(23)22-8-6-10(7-9-22)12-4-5-14(18)21-20-12;10-9-2-1-8(12-13-9)7-3-5-11-6-4-7;1-12-6-4(8)2-3-5(9-6)7(10)11/h2-5,10H,6-9H2,1H3,(H2,18,21);1-2,7,11H,3-6H2,(H2,10,13);2-3H,1H3,(H,10,11). The van der Waals surface area contributed by atoms with Crippen molar-refractivity contribution >= 4 is 55.4 Å². The van der Waals surface area contributed by atoms with Crippen LogP contribution >= 0.6 is 31.9 Å². The molecule has 4 aromatic heterocycles. The number of aromatic carboxylic acids is 1. The zero-order chi connectivity index (χ0) is 35.3. The van der Waals surface area contributed by atoms with E-state index in [9.17, 15) is 9.59 Å². The van der Waals surface area contributed by atoms with Gasteiger partial charge >= 0.3 is 5.97 Å². The first-order valence-electron chi connectivity index (χ1n) is 15.4. The molecule has 0 bridgehead atoms. The van der Waals surface area contributed by atoms with Crippen molar-refractivity contribution in [2.45, 2.75) is 37.5 Å². The SMILES string of the molecule is COc1nc(C(=O)N2CCC(c3ccc(N)nn3)CC2)ccc1Br.COc1nc(C(=O)O)ccc1Br.Nc1ccc(C2CCNCC2)nn1. The zero-order valence-electron chi connectivity index (χ0n) is 27.1. The van der Waals surface area contributed by atoms with Gasteiger partial charge in [-0.2, -0.15) is 10.2 Å². The van der Waals surface area contributed by atoms with E-state index in [2.05, 4.69) is 67.5 Å². The quantitative estimate of drug-likeness (QED) is 0.214. The van der Waals surface area contributed by atoms with Crippen LogP contribution in [0.15, 0.2) is 57.5 Å². The summed E-state index contributed by atoms with van der Waals surface area (Å²) in [5, 5.41) is 27.9. The maximum Gasteiger partial charge on any atom is 0.354 e. The van der Waals surface area contributed by atoms with Gasteiger partial charge in [-0.05, 0) is 119 Å². The molecule has 1 amide bonds. The smallest absolute Gasteiger partial charge is 0.354 e. The maximum atomic E-state index is 12.6. The molecular formula is C32H38Br2N10O5. The number of nitrogen functional groups attached to an aromatic ring is 2. The molecule has 0 aromatic carbocycles. The monoisotopic (exact) mass is 800 g/mol. The van der Waals surface area contributed by atoms with E-state index in [1.165, 1.54) is 20.3 Å². The van der Waals surface area contributed by atoms with Gasteiger partial charge in [-0.25, -0.2) is 14.8 Å². The molecule has 0 atom stereocenters. The van der Waals surface area contributed by atoms with E-state index >= 15 is 0 Å². The Labute approximate surface area is 300 Å². The summed E-state index contributed by atoms with van der Waals surface area (Å²) >= 11 is 6.50. The van der Waals surface area contributed by atoms with Gasteiger partial charge in [0.25, 0.3) is 5.91 Å². The Kier molecular flexibility index (Phi) is 14.0. The van der Waals surface area contributed by atoms with E-state index in [0.29, 0.717) is 52.6 Å². The van der Waals surface area contributed by atoms with Crippen LogP contribution in [0.4, 0.5) is 11.6 Å². The second kappa shape index (κ2) is 18.3. The first kappa shape index (κ1) is 37.3. The highest BCUT2D eigenvalue weighted by Crippen LogP contribution is 2.28. The molecule has 6 rings (SSSR count). The molecule has 0 aliphatic carbocycles. The van der Waals surface area contributed by atoms with Gasteiger partial charge in [0.05, 0.1) is 34.6 Å². The van der Waals surface area contributed by atoms with E-state index in [4.69, 9.17) is 26.0 Å². The van der Waals surface area contributed by atoms with Crippen molar-refractivity contribution in [3.63, 3.8) is 0 Å². The molecule has 260 valence electrons. The van der Waals surface area contributed by atoms with Gasteiger partial charge in [0.2, 0.25) is 11.8 Å². The van der Waals surface area contributed by atoms with Crippen LogP contribution in [0, 0.1) is 0 Å². The molecule has 17 heteroatoms. The second-order valence-corrected chi connectivity index (χ2v) is 12.7. The van der Waals surface area contributed by atoms with Gasteiger partial charge < -0.3 is 36.3 Å². The van der Waals surface area contributed by atoms with Crippen molar-refractivity contribution in [3.8, 4) is 11.8 Å². The molecule has 6 heterocycles. The number of nitrogens with zero attached hydrogens (tertiary/aromatic N) is 7. The average Bonchev–Trinajstić information content (AvgIpc) is 3.13. The fraction of sp³-hybridized carbons (Fsp3) is 0.375. The highest BCUT2D eigenvalue weighted by molar-refractivity contribution is 9.10. The Bertz CT molecular complexity index is 1690. The molecule has 6 N–H and O–H groups in total. The van der Waals surface area contributed by atoms with Gasteiger partial charge in [0.15, 0.2) is 5.69 Å². The summed E-state index contributed by atoms with van der Waals surface area (Å²) in [4.78, 5) is 32.9. The third-order valence-electron chi connectivity index (χ3n) is 7.82. The number of carbonyl (C=O) groups excluding carboxylic acids is 1. The predicted molar refractivity (Wildman–Crippen MR) is 190 cm³/mol. The highest BCUT2D eigenvalue weighted by Gasteiger charge is 2.26. The molecule has 2 saturated heterocycles. The van der Waals surface area contributed by atoms with Crippen LogP contribution in [0.25, 0.3) is 0 Å². The summed E-state index contributed by atoms with van der Waals surface area (Å²) in [5.74, 6) is 1.31. The van der Waals surface area contributed by atoms with Crippen LogP contribution in [0.5, 0.6) is 11.8 Å². The largest absolute Gasteiger partial charge is 0.480 e. The number of carboxylic acid groups (broad SMARTS) is 1. The maximum absolute atomic E-state index is 12.6. The first-order valence-corrected chi connectivity index (χ1v) is 17.0. The van der Waals surface area contributed by atoms with E-state index in [-0.39, 0.29) is 17.5 Å². The summed E-state index contributed by atoms with van der Waals surface area (Å²) in [6.07, 6.45) is 3.99. The fourth-order valence-electron chi connectivity index (χ4n) is 5.17. The van der Waals surface area contributed by atoms with Crippen molar-refractivity contribution in [1.82, 2.24) is 40.6 Å². The molecule has 0 spiro atoms. The number of amides is 1. The summed E-state index contributed by atoms with van der Waals surface area (Å²) in [6, 6.07) is 13.9. The van der Waals surface area contributed by atoms with Crippen molar-refractivity contribution in [3.05, 3.63) is 80.3 Å². The number of anilines is 2. The van der Waals surface area contributed by atoms with Gasteiger partial charge in [-0.3, -0.25) is 4.79 Å². The second-order valence-electron chi connectivity index (χ2n) is 11.0. The van der Waals surface area contributed by atoms with Crippen LogP contribution < -0.4 is 26.3 Å². The number of ether oxygens (including phenoxy) is 2. The number of carbonyl (C=O) groups is 2. The Morgan fingerprint density at radius 2 is 1.20 bits per heavy atom. The lowest BCUT2D eigenvalue weighted by molar-refractivity contribution is 0.0685.